The number of nitrogens with zero attached hydrogens (tertiary/aromatic N) is 2. The van der Waals surface area contributed by atoms with Gasteiger partial charge < -0.3 is 29.7 Å². The molecule has 10 nitrogen and oxygen atoms in total. The highest BCUT2D eigenvalue weighted by atomic mass is 79.9. The number of aliphatic hydroxyl groups excluding tert-OH is 1. The zero-order valence-electron chi connectivity index (χ0n) is 29.6. The van der Waals surface area contributed by atoms with Gasteiger partial charge in [0.25, 0.3) is 5.91 Å². The molecule has 2 aromatic rings. The predicted molar refractivity (Wildman–Crippen MR) is 199 cm³/mol. The molecule has 2 aromatic carbocycles. The number of nitrogens with one attached hydrogen (secondary N) is 1. The number of unbranched alkanes of at least 4 members (excludes halogenated alkanes) is 3. The number of fused-ring (bicyclic) bond motifs is 1. The fraction of sp³-hybridized carbons (Fsp3) is 0.500. The van der Waals surface area contributed by atoms with Crippen LogP contribution in [0.4, 0.5) is 5.69 Å². The SMILES string of the molecule is C=CCCC(=O)OC[C@@H](NC(=O)[C@H]1[C@@H]2O[C@@]3(CC2Br)[C@@H]1C(=O)N(CCCCCCO)[C@@H]3C(=O)N(CC=C)c1cc(C)ccc1C)c1ccccc1. The largest absolute Gasteiger partial charge is 0.463 e. The third-order valence-corrected chi connectivity index (χ3v) is 11.2. The Morgan fingerprint density at radius 3 is 2.57 bits per heavy atom. The van der Waals surface area contributed by atoms with Crippen LogP contribution in [-0.2, 0) is 28.7 Å². The molecule has 3 saturated heterocycles. The molecule has 3 aliphatic rings. The van der Waals surface area contributed by atoms with E-state index in [0.717, 1.165) is 35.2 Å². The Morgan fingerprint density at radius 1 is 1.12 bits per heavy atom. The summed E-state index contributed by atoms with van der Waals surface area (Å²) in [7, 11) is 0. The summed E-state index contributed by atoms with van der Waals surface area (Å²) >= 11 is 3.77. The lowest BCUT2D eigenvalue weighted by Gasteiger charge is -2.37. The summed E-state index contributed by atoms with van der Waals surface area (Å²) in [4.78, 5) is 59.6. The fourth-order valence-electron chi connectivity index (χ4n) is 7.93. The zero-order chi connectivity index (χ0) is 36.7. The first-order valence-corrected chi connectivity index (χ1v) is 18.8. The van der Waals surface area contributed by atoms with Gasteiger partial charge >= 0.3 is 5.97 Å². The maximum absolute atomic E-state index is 15.0. The van der Waals surface area contributed by atoms with Crippen LogP contribution in [0.25, 0.3) is 0 Å². The smallest absolute Gasteiger partial charge is 0.306 e. The molecule has 7 atom stereocenters. The van der Waals surface area contributed by atoms with E-state index in [0.29, 0.717) is 32.2 Å². The van der Waals surface area contributed by atoms with Gasteiger partial charge in [-0.1, -0.05) is 83.4 Å². The van der Waals surface area contributed by atoms with Crippen molar-refractivity contribution in [1.29, 1.82) is 0 Å². The lowest BCUT2D eigenvalue weighted by molar-refractivity contribution is -0.145. The van der Waals surface area contributed by atoms with Crippen LogP contribution < -0.4 is 10.2 Å². The number of anilines is 1. The lowest BCUT2D eigenvalue weighted by Crippen LogP contribution is -2.57. The third-order valence-electron chi connectivity index (χ3n) is 10.3. The lowest BCUT2D eigenvalue weighted by atomic mass is 9.70. The van der Waals surface area contributed by atoms with Gasteiger partial charge in [-0.25, -0.2) is 0 Å². The van der Waals surface area contributed by atoms with E-state index in [1.54, 1.807) is 22.0 Å². The maximum atomic E-state index is 15.0. The minimum atomic E-state index is -1.24. The number of allylic oxidation sites excluding steroid dienone is 1. The Balaban J connectivity index is 1.49. The first-order chi connectivity index (χ1) is 24.6. The minimum Gasteiger partial charge on any atom is -0.463 e. The summed E-state index contributed by atoms with van der Waals surface area (Å²) in [6.45, 7) is 12.1. The molecule has 3 aliphatic heterocycles. The summed E-state index contributed by atoms with van der Waals surface area (Å²) in [5.41, 5.74) is 2.15. The maximum Gasteiger partial charge on any atom is 0.306 e. The third kappa shape index (κ3) is 8.00. The van der Waals surface area contributed by atoms with Crippen molar-refractivity contribution in [3.8, 4) is 0 Å². The van der Waals surface area contributed by atoms with Gasteiger partial charge in [-0.3, -0.25) is 19.2 Å². The van der Waals surface area contributed by atoms with Crippen LogP contribution >= 0.6 is 15.9 Å². The number of halogens is 1. The van der Waals surface area contributed by atoms with Gasteiger partial charge in [-0.15, -0.1) is 13.2 Å². The van der Waals surface area contributed by atoms with Crippen molar-refractivity contribution in [2.24, 2.45) is 11.8 Å². The highest BCUT2D eigenvalue weighted by Crippen LogP contribution is 2.60. The molecule has 11 heteroatoms. The average Bonchev–Trinajstić information content (AvgIpc) is 3.72. The van der Waals surface area contributed by atoms with Crippen molar-refractivity contribution < 1.29 is 33.8 Å². The number of alkyl halides is 1. The Labute approximate surface area is 309 Å². The van der Waals surface area contributed by atoms with Crippen molar-refractivity contribution in [2.75, 3.05) is 31.2 Å². The topological polar surface area (TPSA) is 125 Å². The Hall–Kier alpha value is -3.80. The number of rotatable bonds is 18. The van der Waals surface area contributed by atoms with Crippen LogP contribution in [0.5, 0.6) is 0 Å². The number of hydrogen-bond acceptors (Lipinski definition) is 7. The molecule has 51 heavy (non-hydrogen) atoms. The first-order valence-electron chi connectivity index (χ1n) is 17.9. The second-order valence-electron chi connectivity index (χ2n) is 13.8. The second kappa shape index (κ2) is 17.1. The summed E-state index contributed by atoms with van der Waals surface area (Å²) < 4.78 is 12.4. The molecule has 5 rings (SSSR count). The summed E-state index contributed by atoms with van der Waals surface area (Å²) in [5, 5.41) is 12.4. The van der Waals surface area contributed by atoms with Gasteiger partial charge in [0, 0.05) is 36.6 Å². The van der Waals surface area contributed by atoms with Crippen LogP contribution in [0, 0.1) is 25.7 Å². The van der Waals surface area contributed by atoms with E-state index >= 15 is 0 Å². The van der Waals surface area contributed by atoms with Crippen LogP contribution in [-0.4, -0.2) is 82.6 Å². The van der Waals surface area contributed by atoms with Gasteiger partial charge in [-0.05, 0) is 62.3 Å². The molecule has 0 aromatic heterocycles. The van der Waals surface area contributed by atoms with Gasteiger partial charge in [0.15, 0.2) is 0 Å². The number of carbonyl (C=O) groups is 4. The molecule has 3 heterocycles. The second-order valence-corrected chi connectivity index (χ2v) is 15.0. The van der Waals surface area contributed by atoms with Crippen LogP contribution in [0.3, 0.4) is 0 Å². The van der Waals surface area contributed by atoms with E-state index < -0.39 is 47.5 Å². The summed E-state index contributed by atoms with van der Waals surface area (Å²) in [6, 6.07) is 13.6. The molecular weight excluding hydrogens is 714 g/mol. The van der Waals surface area contributed by atoms with Crippen LogP contribution in [0.15, 0.2) is 73.8 Å². The number of benzene rings is 2. The van der Waals surface area contributed by atoms with Crippen molar-refractivity contribution in [3.05, 3.63) is 90.5 Å². The van der Waals surface area contributed by atoms with Crippen LogP contribution in [0.2, 0.25) is 0 Å². The molecule has 0 radical (unpaired) electrons. The Kier molecular flexibility index (Phi) is 12.9. The molecule has 1 spiro atoms. The summed E-state index contributed by atoms with van der Waals surface area (Å²) in [5.74, 6) is -3.12. The molecule has 3 fully saturated rings. The average molecular weight is 765 g/mol. The Bertz CT molecular complexity index is 1600. The minimum absolute atomic E-state index is 0.0844. The molecule has 274 valence electrons. The van der Waals surface area contributed by atoms with Gasteiger partial charge in [-0.2, -0.15) is 0 Å². The molecule has 1 unspecified atom stereocenters. The van der Waals surface area contributed by atoms with Gasteiger partial charge in [0.05, 0.1) is 24.0 Å². The highest BCUT2D eigenvalue weighted by molar-refractivity contribution is 9.09. The van der Waals surface area contributed by atoms with Crippen molar-refractivity contribution in [3.63, 3.8) is 0 Å². The zero-order valence-corrected chi connectivity index (χ0v) is 31.2. The number of aliphatic hydroxyl groups is 1. The monoisotopic (exact) mass is 763 g/mol. The van der Waals surface area contributed by atoms with E-state index in [1.165, 1.54) is 0 Å². The summed E-state index contributed by atoms with van der Waals surface area (Å²) in [6.07, 6.45) is 6.57. The number of likely N-dealkylation sites (tertiary alicyclic amines) is 1. The number of carbonyl (C=O) groups excluding carboxylic acids is 4. The van der Waals surface area contributed by atoms with Crippen molar-refractivity contribution in [2.45, 2.75) is 87.4 Å². The number of amides is 3. The first kappa shape index (κ1) is 38.4. The van der Waals surface area contributed by atoms with Gasteiger partial charge in [0.1, 0.15) is 18.2 Å². The molecule has 3 amide bonds. The van der Waals surface area contributed by atoms with E-state index in [-0.39, 0.29) is 42.8 Å². The van der Waals surface area contributed by atoms with Gasteiger partial charge in [0.2, 0.25) is 11.8 Å². The van der Waals surface area contributed by atoms with Crippen LogP contribution in [0.1, 0.15) is 67.7 Å². The molecule has 0 aliphatic carbocycles. The molecule has 0 saturated carbocycles. The molecule has 2 bridgehead atoms. The molecule has 2 N–H and O–H groups in total. The van der Waals surface area contributed by atoms with Crippen molar-refractivity contribution >= 4 is 45.3 Å². The quantitative estimate of drug-likeness (QED) is 0.0891. The Morgan fingerprint density at radius 2 is 1.86 bits per heavy atom. The number of aryl methyl sites for hydroxylation is 2. The number of ether oxygens (including phenoxy) is 2. The van der Waals surface area contributed by atoms with E-state index in [2.05, 4.69) is 34.4 Å². The van der Waals surface area contributed by atoms with E-state index in [4.69, 9.17) is 9.47 Å². The standard InChI is InChI=1S/C40H50BrN3O7/c1-5-7-17-32(46)50-25-30(28-15-11-10-12-16-28)42-37(47)33-34-38(48)44(21-13-8-9-14-22-45)36(40(34)24-29(41)35(33)51-40)39(49)43(20-6-2)31-23-26(3)18-19-27(31)4/h5-6,10-12,15-16,18-19,23,29-30,33-36,45H,1-2,7-9,13-14,17,20-22,24-25H2,3-4H3,(H,42,47)/t29?,30-,33-,34+,35-,36-,40+/m1/s1. The molecular formula is C40H50BrN3O7. The van der Waals surface area contributed by atoms with E-state index in [1.807, 2.05) is 62.4 Å². The van der Waals surface area contributed by atoms with Crippen molar-refractivity contribution in [1.82, 2.24) is 10.2 Å². The normalized spacial score (nSPS) is 25.3. The number of hydrogen-bond donors (Lipinski definition) is 2. The number of esters is 1. The highest BCUT2D eigenvalue weighted by Gasteiger charge is 2.76. The van der Waals surface area contributed by atoms with E-state index in [9.17, 15) is 24.3 Å². The fourth-order valence-corrected chi connectivity index (χ4v) is 8.88. The predicted octanol–water partition coefficient (Wildman–Crippen LogP) is 5.49.